The van der Waals surface area contributed by atoms with E-state index in [1.165, 1.54) is 26.2 Å². The number of halogens is 1. The highest BCUT2D eigenvalue weighted by Crippen LogP contribution is 2.26. The molecule has 7 heteroatoms. The molecule has 0 saturated heterocycles. The topological polar surface area (TPSA) is 80.5 Å². The van der Waals surface area contributed by atoms with Gasteiger partial charge in [0.25, 0.3) is 0 Å². The van der Waals surface area contributed by atoms with Gasteiger partial charge in [-0.1, -0.05) is 29.8 Å². The molecule has 0 aliphatic heterocycles. The van der Waals surface area contributed by atoms with Crippen molar-refractivity contribution >= 4 is 27.5 Å². The molecule has 2 aromatic carbocycles. The van der Waals surface area contributed by atoms with E-state index in [2.05, 4.69) is 0 Å². The zero-order valence-electron chi connectivity index (χ0n) is 12.1. The maximum atomic E-state index is 12.0. The Morgan fingerprint density at radius 3 is 2.09 bits per heavy atom. The van der Waals surface area contributed by atoms with E-state index < -0.39 is 15.9 Å². The van der Waals surface area contributed by atoms with Crippen LogP contribution in [0.1, 0.15) is 10.4 Å². The van der Waals surface area contributed by atoms with Crippen LogP contribution >= 0.6 is 11.6 Å². The Morgan fingerprint density at radius 1 is 1.05 bits per heavy atom. The first-order chi connectivity index (χ1) is 10.2. The lowest BCUT2D eigenvalue weighted by atomic mass is 10.0. The van der Waals surface area contributed by atoms with Gasteiger partial charge in [-0.2, -0.15) is 0 Å². The summed E-state index contributed by atoms with van der Waals surface area (Å²) in [6, 6.07) is 11.3. The summed E-state index contributed by atoms with van der Waals surface area (Å²) >= 11 is 5.91. The number of sulfonamides is 1. The van der Waals surface area contributed by atoms with Gasteiger partial charge in [-0.3, -0.25) is 4.79 Å². The van der Waals surface area contributed by atoms with Crippen LogP contribution in [-0.4, -0.2) is 32.7 Å². The van der Waals surface area contributed by atoms with Crippen LogP contribution in [-0.2, 0) is 10.0 Å². The monoisotopic (exact) mass is 338 g/mol. The number of nitrogens with zero attached hydrogens (tertiary/aromatic N) is 1. The third kappa shape index (κ3) is 3.14. The molecule has 0 bridgehead atoms. The summed E-state index contributed by atoms with van der Waals surface area (Å²) in [5, 5.41) is 0.281. The van der Waals surface area contributed by atoms with Gasteiger partial charge in [0.1, 0.15) is 0 Å². The Hall–Kier alpha value is -1.89. The Morgan fingerprint density at radius 2 is 1.59 bits per heavy atom. The van der Waals surface area contributed by atoms with Crippen molar-refractivity contribution in [3.8, 4) is 11.1 Å². The SMILES string of the molecule is CN(C)S(=O)(=O)c1ccc(-c2ccc(Cl)c(C(N)=O)c2)cc1. The summed E-state index contributed by atoms with van der Waals surface area (Å²) in [5.41, 5.74) is 6.98. The first-order valence-corrected chi connectivity index (χ1v) is 8.17. The highest BCUT2D eigenvalue weighted by Gasteiger charge is 2.17. The minimum Gasteiger partial charge on any atom is -0.366 e. The molecule has 0 saturated carbocycles. The Labute approximate surface area is 134 Å². The molecule has 0 aromatic heterocycles. The number of carbonyl (C=O) groups excluding carboxylic acids is 1. The van der Waals surface area contributed by atoms with Gasteiger partial charge in [-0.25, -0.2) is 12.7 Å². The molecule has 116 valence electrons. The summed E-state index contributed by atoms with van der Waals surface area (Å²) in [6.07, 6.45) is 0. The van der Waals surface area contributed by atoms with Gasteiger partial charge in [-0.15, -0.1) is 0 Å². The highest BCUT2D eigenvalue weighted by molar-refractivity contribution is 7.89. The van der Waals surface area contributed by atoms with Gasteiger partial charge in [0.2, 0.25) is 15.9 Å². The van der Waals surface area contributed by atoms with Crippen molar-refractivity contribution in [3.05, 3.63) is 53.1 Å². The molecule has 2 rings (SSSR count). The number of benzene rings is 2. The molecule has 0 fully saturated rings. The number of rotatable bonds is 4. The number of amides is 1. The molecule has 1 amide bonds. The molecule has 0 atom stereocenters. The molecule has 0 heterocycles. The molecule has 0 unspecified atom stereocenters. The third-order valence-electron chi connectivity index (χ3n) is 3.20. The fraction of sp³-hybridized carbons (Fsp3) is 0.133. The van der Waals surface area contributed by atoms with Crippen molar-refractivity contribution in [1.82, 2.24) is 4.31 Å². The predicted octanol–water partition coefficient (Wildman–Crippen LogP) is 2.36. The zero-order valence-corrected chi connectivity index (χ0v) is 13.6. The molecule has 0 aliphatic carbocycles. The molecule has 0 spiro atoms. The van der Waals surface area contributed by atoms with Crippen LogP contribution in [0.2, 0.25) is 5.02 Å². The smallest absolute Gasteiger partial charge is 0.250 e. The van der Waals surface area contributed by atoms with Crippen LogP contribution in [0, 0.1) is 0 Å². The summed E-state index contributed by atoms with van der Waals surface area (Å²) in [7, 11) is -0.518. The molecule has 2 N–H and O–H groups in total. The van der Waals surface area contributed by atoms with Gasteiger partial charge in [0.15, 0.2) is 0 Å². The molecule has 0 aliphatic rings. The lowest BCUT2D eigenvalue weighted by Gasteiger charge is -2.12. The van der Waals surface area contributed by atoms with E-state index in [1.54, 1.807) is 30.3 Å². The van der Waals surface area contributed by atoms with Crippen molar-refractivity contribution in [3.63, 3.8) is 0 Å². The summed E-state index contributed by atoms with van der Waals surface area (Å²) in [4.78, 5) is 11.5. The minimum absolute atomic E-state index is 0.199. The van der Waals surface area contributed by atoms with Crippen molar-refractivity contribution < 1.29 is 13.2 Å². The first kappa shape index (κ1) is 16.5. The molecular weight excluding hydrogens is 324 g/mol. The lowest BCUT2D eigenvalue weighted by molar-refractivity contribution is 0.100. The average molecular weight is 339 g/mol. The van der Waals surface area contributed by atoms with E-state index in [4.69, 9.17) is 17.3 Å². The van der Waals surface area contributed by atoms with Crippen LogP contribution in [0.15, 0.2) is 47.4 Å². The molecule has 2 aromatic rings. The van der Waals surface area contributed by atoms with Gasteiger partial charge in [0.05, 0.1) is 15.5 Å². The largest absolute Gasteiger partial charge is 0.366 e. The quantitative estimate of drug-likeness (QED) is 0.929. The van der Waals surface area contributed by atoms with E-state index in [0.29, 0.717) is 0 Å². The van der Waals surface area contributed by atoms with Gasteiger partial charge < -0.3 is 5.73 Å². The number of nitrogens with two attached hydrogens (primary N) is 1. The van der Waals surface area contributed by atoms with Gasteiger partial charge in [-0.05, 0) is 35.4 Å². The summed E-state index contributed by atoms with van der Waals surface area (Å²) < 4.78 is 25.2. The maximum Gasteiger partial charge on any atom is 0.250 e. The highest BCUT2D eigenvalue weighted by atomic mass is 35.5. The standard InChI is InChI=1S/C15H15ClN2O3S/c1-18(2)22(20,21)12-6-3-10(4-7-12)11-5-8-14(16)13(9-11)15(17)19/h3-9H,1-2H3,(H2,17,19). The molecule has 5 nitrogen and oxygen atoms in total. The van der Waals surface area contributed by atoms with E-state index in [0.717, 1.165) is 15.4 Å². The van der Waals surface area contributed by atoms with Crippen LogP contribution in [0.5, 0.6) is 0 Å². The third-order valence-corrected chi connectivity index (χ3v) is 5.36. The first-order valence-electron chi connectivity index (χ1n) is 6.36. The summed E-state index contributed by atoms with van der Waals surface area (Å²) in [5.74, 6) is -0.612. The molecule has 22 heavy (non-hydrogen) atoms. The minimum atomic E-state index is -3.47. The fourth-order valence-electron chi connectivity index (χ4n) is 1.92. The number of hydrogen-bond donors (Lipinski definition) is 1. The maximum absolute atomic E-state index is 12.0. The Bertz CT molecular complexity index is 815. The van der Waals surface area contributed by atoms with Crippen molar-refractivity contribution in [2.75, 3.05) is 14.1 Å². The Balaban J connectivity index is 2.44. The van der Waals surface area contributed by atoms with Crippen molar-refractivity contribution in [2.24, 2.45) is 5.73 Å². The fourth-order valence-corrected chi connectivity index (χ4v) is 3.04. The second kappa shape index (κ2) is 6.08. The Kier molecular flexibility index (Phi) is 4.55. The number of carbonyl (C=O) groups is 1. The molecular formula is C15H15ClN2O3S. The van der Waals surface area contributed by atoms with Gasteiger partial charge in [0, 0.05) is 14.1 Å². The second-order valence-electron chi connectivity index (χ2n) is 4.87. The van der Waals surface area contributed by atoms with E-state index in [9.17, 15) is 13.2 Å². The van der Waals surface area contributed by atoms with E-state index in [1.807, 2.05) is 0 Å². The normalized spacial score (nSPS) is 11.6. The van der Waals surface area contributed by atoms with Gasteiger partial charge >= 0.3 is 0 Å². The number of primary amides is 1. The van der Waals surface area contributed by atoms with E-state index >= 15 is 0 Å². The van der Waals surface area contributed by atoms with E-state index in [-0.39, 0.29) is 15.5 Å². The van der Waals surface area contributed by atoms with Crippen LogP contribution in [0.3, 0.4) is 0 Å². The van der Waals surface area contributed by atoms with Crippen molar-refractivity contribution in [1.29, 1.82) is 0 Å². The lowest BCUT2D eigenvalue weighted by Crippen LogP contribution is -2.22. The zero-order chi connectivity index (χ0) is 16.5. The van der Waals surface area contributed by atoms with Crippen LogP contribution in [0.25, 0.3) is 11.1 Å². The van der Waals surface area contributed by atoms with Crippen LogP contribution < -0.4 is 5.73 Å². The van der Waals surface area contributed by atoms with Crippen LogP contribution in [0.4, 0.5) is 0 Å². The second-order valence-corrected chi connectivity index (χ2v) is 7.43. The summed E-state index contributed by atoms with van der Waals surface area (Å²) in [6.45, 7) is 0. The average Bonchev–Trinajstić information content (AvgIpc) is 2.47. The number of hydrogen-bond acceptors (Lipinski definition) is 3. The molecule has 0 radical (unpaired) electrons. The van der Waals surface area contributed by atoms with Crippen molar-refractivity contribution in [2.45, 2.75) is 4.90 Å². The predicted molar refractivity (Wildman–Crippen MR) is 86.3 cm³/mol.